The molecule has 2 fully saturated rings. The first-order chi connectivity index (χ1) is 7.24. The Labute approximate surface area is 92.4 Å². The summed E-state index contributed by atoms with van der Waals surface area (Å²) in [6, 6.07) is 0.847. The lowest BCUT2D eigenvalue weighted by Crippen LogP contribution is -2.55. The second kappa shape index (κ2) is 4.81. The molecule has 0 amide bonds. The van der Waals surface area contributed by atoms with Crippen molar-refractivity contribution in [2.75, 3.05) is 13.2 Å². The van der Waals surface area contributed by atoms with Gasteiger partial charge in [-0.15, -0.1) is 0 Å². The molecule has 1 heterocycles. The summed E-state index contributed by atoms with van der Waals surface area (Å²) in [6.07, 6.45) is 4.81. The van der Waals surface area contributed by atoms with Gasteiger partial charge in [0.05, 0.1) is 18.8 Å². The lowest BCUT2D eigenvalue weighted by molar-refractivity contribution is -0.0881. The molecule has 1 aliphatic carbocycles. The summed E-state index contributed by atoms with van der Waals surface area (Å²) in [5.74, 6) is 0. The molecule has 1 N–H and O–H groups in total. The van der Waals surface area contributed by atoms with Crippen molar-refractivity contribution in [3.05, 3.63) is 0 Å². The van der Waals surface area contributed by atoms with Gasteiger partial charge in [0, 0.05) is 18.6 Å². The Bertz CT molecular complexity index is 210. The largest absolute Gasteiger partial charge is 0.392 e. The van der Waals surface area contributed by atoms with E-state index in [1.54, 1.807) is 0 Å². The Morgan fingerprint density at radius 1 is 1.47 bits per heavy atom. The SMILES string of the molecule is CCC(O)C(C)N1CCOC2CCCC21. The van der Waals surface area contributed by atoms with E-state index in [1.165, 1.54) is 19.3 Å². The standard InChI is InChI=1S/C12H23NO2/c1-3-11(14)9(2)13-7-8-15-12-6-4-5-10(12)13/h9-12,14H,3-8H2,1-2H3. The molecule has 0 aromatic carbocycles. The van der Waals surface area contributed by atoms with Crippen molar-refractivity contribution < 1.29 is 9.84 Å². The van der Waals surface area contributed by atoms with Crippen LogP contribution in [0.5, 0.6) is 0 Å². The average molecular weight is 213 g/mol. The number of aliphatic hydroxyl groups excluding tert-OH is 1. The van der Waals surface area contributed by atoms with Gasteiger partial charge in [-0.2, -0.15) is 0 Å². The zero-order valence-corrected chi connectivity index (χ0v) is 9.85. The molecule has 1 aliphatic heterocycles. The number of ether oxygens (including phenoxy) is 1. The molecule has 4 unspecified atom stereocenters. The van der Waals surface area contributed by atoms with E-state index in [4.69, 9.17) is 4.74 Å². The molecule has 3 nitrogen and oxygen atoms in total. The Hall–Kier alpha value is -0.120. The first-order valence-electron chi connectivity index (χ1n) is 6.29. The topological polar surface area (TPSA) is 32.7 Å². The third-order valence-corrected chi connectivity index (χ3v) is 4.02. The number of rotatable bonds is 3. The smallest absolute Gasteiger partial charge is 0.0731 e. The molecule has 15 heavy (non-hydrogen) atoms. The van der Waals surface area contributed by atoms with Crippen LogP contribution in [0.4, 0.5) is 0 Å². The number of fused-ring (bicyclic) bond motifs is 1. The van der Waals surface area contributed by atoms with E-state index in [9.17, 15) is 5.11 Å². The second-order valence-electron chi connectivity index (χ2n) is 4.86. The van der Waals surface area contributed by atoms with Gasteiger partial charge in [0.15, 0.2) is 0 Å². The van der Waals surface area contributed by atoms with Crippen LogP contribution in [0, 0.1) is 0 Å². The lowest BCUT2D eigenvalue weighted by Gasteiger charge is -2.42. The monoisotopic (exact) mass is 213 g/mol. The van der Waals surface area contributed by atoms with Gasteiger partial charge in [0.1, 0.15) is 0 Å². The predicted octanol–water partition coefficient (Wildman–Crippen LogP) is 1.40. The van der Waals surface area contributed by atoms with Crippen LogP contribution < -0.4 is 0 Å². The van der Waals surface area contributed by atoms with Crippen LogP contribution >= 0.6 is 0 Å². The number of morpholine rings is 1. The van der Waals surface area contributed by atoms with Gasteiger partial charge in [-0.25, -0.2) is 0 Å². The van der Waals surface area contributed by atoms with E-state index >= 15 is 0 Å². The van der Waals surface area contributed by atoms with E-state index in [1.807, 2.05) is 6.92 Å². The minimum atomic E-state index is -0.190. The molecule has 0 spiro atoms. The van der Waals surface area contributed by atoms with Gasteiger partial charge in [0.2, 0.25) is 0 Å². The third kappa shape index (κ3) is 2.19. The minimum absolute atomic E-state index is 0.190. The van der Waals surface area contributed by atoms with Gasteiger partial charge >= 0.3 is 0 Å². The second-order valence-corrected chi connectivity index (χ2v) is 4.86. The van der Waals surface area contributed by atoms with Crippen molar-refractivity contribution in [1.29, 1.82) is 0 Å². The number of hydrogen-bond acceptors (Lipinski definition) is 3. The summed E-state index contributed by atoms with van der Waals surface area (Å²) in [6.45, 7) is 6.02. The maximum absolute atomic E-state index is 9.92. The summed E-state index contributed by atoms with van der Waals surface area (Å²) >= 11 is 0. The van der Waals surface area contributed by atoms with E-state index < -0.39 is 0 Å². The Balaban J connectivity index is 2.00. The lowest BCUT2D eigenvalue weighted by atomic mass is 10.0. The average Bonchev–Trinajstić information content (AvgIpc) is 2.74. The summed E-state index contributed by atoms with van der Waals surface area (Å²) in [7, 11) is 0. The molecular formula is C12H23NO2. The zero-order chi connectivity index (χ0) is 10.8. The molecule has 4 atom stereocenters. The van der Waals surface area contributed by atoms with Gasteiger partial charge in [-0.3, -0.25) is 4.90 Å². The van der Waals surface area contributed by atoms with Crippen LogP contribution in [0.2, 0.25) is 0 Å². The highest BCUT2D eigenvalue weighted by Gasteiger charge is 2.39. The van der Waals surface area contributed by atoms with Gasteiger partial charge < -0.3 is 9.84 Å². The number of nitrogens with zero attached hydrogens (tertiary/aromatic N) is 1. The molecular weight excluding hydrogens is 190 g/mol. The molecule has 2 aliphatic rings. The van der Waals surface area contributed by atoms with Gasteiger partial charge in [-0.05, 0) is 32.6 Å². The molecule has 0 bridgehead atoms. The van der Waals surface area contributed by atoms with Crippen LogP contribution in [0.1, 0.15) is 39.5 Å². The number of aliphatic hydroxyl groups is 1. The Morgan fingerprint density at radius 2 is 2.27 bits per heavy atom. The molecule has 2 rings (SSSR count). The van der Waals surface area contributed by atoms with E-state index in [0.29, 0.717) is 12.1 Å². The summed E-state index contributed by atoms with van der Waals surface area (Å²) in [4.78, 5) is 2.47. The maximum Gasteiger partial charge on any atom is 0.0731 e. The fourth-order valence-electron chi connectivity index (χ4n) is 3.02. The highest BCUT2D eigenvalue weighted by Crippen LogP contribution is 2.31. The summed E-state index contributed by atoms with van der Waals surface area (Å²) < 4.78 is 5.77. The fourth-order valence-corrected chi connectivity index (χ4v) is 3.02. The predicted molar refractivity (Wildman–Crippen MR) is 59.8 cm³/mol. The highest BCUT2D eigenvalue weighted by atomic mass is 16.5. The molecule has 0 radical (unpaired) electrons. The van der Waals surface area contributed by atoms with Crippen LogP contribution in [0.25, 0.3) is 0 Å². The van der Waals surface area contributed by atoms with Crippen molar-refractivity contribution in [2.45, 2.75) is 63.8 Å². The van der Waals surface area contributed by atoms with Crippen molar-refractivity contribution >= 4 is 0 Å². The Kier molecular flexibility index (Phi) is 3.65. The minimum Gasteiger partial charge on any atom is -0.392 e. The molecule has 1 saturated heterocycles. The summed E-state index contributed by atoms with van der Waals surface area (Å²) in [5.41, 5.74) is 0. The maximum atomic E-state index is 9.92. The Morgan fingerprint density at radius 3 is 3.00 bits per heavy atom. The van der Waals surface area contributed by atoms with Crippen LogP contribution in [0.15, 0.2) is 0 Å². The zero-order valence-electron chi connectivity index (χ0n) is 9.85. The molecule has 88 valence electrons. The molecule has 0 aromatic rings. The van der Waals surface area contributed by atoms with Crippen LogP contribution in [-0.4, -0.2) is 47.4 Å². The van der Waals surface area contributed by atoms with E-state index in [-0.39, 0.29) is 12.1 Å². The van der Waals surface area contributed by atoms with Crippen LogP contribution in [-0.2, 0) is 4.74 Å². The van der Waals surface area contributed by atoms with Crippen molar-refractivity contribution in [3.63, 3.8) is 0 Å². The van der Waals surface area contributed by atoms with Crippen molar-refractivity contribution in [2.24, 2.45) is 0 Å². The third-order valence-electron chi connectivity index (χ3n) is 4.02. The molecule has 1 saturated carbocycles. The van der Waals surface area contributed by atoms with Crippen molar-refractivity contribution in [1.82, 2.24) is 4.90 Å². The normalized spacial score (nSPS) is 36.2. The van der Waals surface area contributed by atoms with E-state index in [2.05, 4.69) is 11.8 Å². The summed E-state index contributed by atoms with van der Waals surface area (Å²) in [5, 5.41) is 9.92. The fraction of sp³-hybridized carbons (Fsp3) is 1.00. The van der Waals surface area contributed by atoms with Gasteiger partial charge in [-0.1, -0.05) is 6.92 Å². The van der Waals surface area contributed by atoms with Crippen LogP contribution in [0.3, 0.4) is 0 Å². The van der Waals surface area contributed by atoms with Crippen molar-refractivity contribution in [3.8, 4) is 0 Å². The highest BCUT2D eigenvalue weighted by molar-refractivity contribution is 4.92. The first-order valence-corrected chi connectivity index (χ1v) is 6.29. The number of hydrogen-bond donors (Lipinski definition) is 1. The first kappa shape index (κ1) is 11.4. The van der Waals surface area contributed by atoms with Gasteiger partial charge in [0.25, 0.3) is 0 Å². The molecule has 3 heteroatoms. The quantitative estimate of drug-likeness (QED) is 0.769. The molecule has 0 aromatic heterocycles. The van der Waals surface area contributed by atoms with E-state index in [0.717, 1.165) is 19.6 Å².